The summed E-state index contributed by atoms with van der Waals surface area (Å²) in [5.74, 6) is -1.94. The first-order valence-electron chi connectivity index (χ1n) is 7.24. The van der Waals surface area contributed by atoms with Crippen LogP contribution in [0.5, 0.6) is 0 Å². The highest BCUT2D eigenvalue weighted by molar-refractivity contribution is 5.76. The number of nitrogens with zero attached hydrogens (tertiary/aromatic N) is 1. The van der Waals surface area contributed by atoms with Gasteiger partial charge in [-0.2, -0.15) is 0 Å². The van der Waals surface area contributed by atoms with Gasteiger partial charge in [0, 0.05) is 24.7 Å². The summed E-state index contributed by atoms with van der Waals surface area (Å²) in [5.41, 5.74) is 6.66. The zero-order chi connectivity index (χ0) is 16.5. The predicted octanol–water partition coefficient (Wildman–Crippen LogP) is 2.30. The second-order valence-corrected chi connectivity index (χ2v) is 6.57. The summed E-state index contributed by atoms with van der Waals surface area (Å²) in [6.07, 6.45) is -0.490. The Morgan fingerprint density at radius 3 is 2.45 bits per heavy atom. The maximum Gasteiger partial charge on any atom is 0.410 e. The minimum atomic E-state index is -0.931. The number of carbonyl (C=O) groups excluding carboxylic acids is 1. The molecule has 0 bridgehead atoms. The molecule has 1 fully saturated rings. The van der Waals surface area contributed by atoms with Gasteiger partial charge in [-0.05, 0) is 32.4 Å². The molecule has 1 heterocycles. The van der Waals surface area contributed by atoms with Crippen molar-refractivity contribution < 1.29 is 19.4 Å². The molecule has 1 aliphatic rings. The van der Waals surface area contributed by atoms with Gasteiger partial charge < -0.3 is 20.5 Å². The number of anilines is 1. The predicted molar refractivity (Wildman–Crippen MR) is 82.5 cm³/mol. The number of para-hydroxylation sites is 1. The molecular formula is C16H22N2O4. The number of aliphatic carboxylic acids is 1. The van der Waals surface area contributed by atoms with Gasteiger partial charge in [0.1, 0.15) is 5.60 Å². The number of amides is 1. The summed E-state index contributed by atoms with van der Waals surface area (Å²) in [5, 5.41) is 9.45. The molecule has 6 heteroatoms. The third-order valence-electron chi connectivity index (χ3n) is 3.68. The third kappa shape index (κ3) is 3.50. The molecule has 6 nitrogen and oxygen atoms in total. The van der Waals surface area contributed by atoms with Crippen LogP contribution in [0.15, 0.2) is 24.3 Å². The van der Waals surface area contributed by atoms with E-state index in [9.17, 15) is 14.7 Å². The molecule has 2 rings (SSSR count). The molecule has 0 aromatic heterocycles. The number of nitrogen functional groups attached to an aromatic ring is 1. The second-order valence-electron chi connectivity index (χ2n) is 6.57. The van der Waals surface area contributed by atoms with E-state index < -0.39 is 23.6 Å². The Morgan fingerprint density at radius 1 is 1.27 bits per heavy atom. The van der Waals surface area contributed by atoms with Crippen LogP contribution in [0.4, 0.5) is 10.5 Å². The lowest BCUT2D eigenvalue weighted by atomic mass is 9.88. The largest absolute Gasteiger partial charge is 0.481 e. The molecule has 1 aliphatic heterocycles. The normalized spacial score (nSPS) is 21.7. The van der Waals surface area contributed by atoms with E-state index in [1.54, 1.807) is 32.9 Å². The highest BCUT2D eigenvalue weighted by Gasteiger charge is 2.42. The standard InChI is InChI=1S/C16H22N2O4/c1-16(2,3)22-15(21)18-8-11(12(9-18)14(19)20)10-6-4-5-7-13(10)17/h4-7,11-12H,8-9,17H2,1-3H3,(H,19,20). The van der Waals surface area contributed by atoms with Crippen molar-refractivity contribution in [2.75, 3.05) is 18.8 Å². The Labute approximate surface area is 129 Å². The summed E-state index contributed by atoms with van der Waals surface area (Å²) >= 11 is 0. The topological polar surface area (TPSA) is 92.9 Å². The lowest BCUT2D eigenvalue weighted by Crippen LogP contribution is -2.35. The third-order valence-corrected chi connectivity index (χ3v) is 3.68. The van der Waals surface area contributed by atoms with Gasteiger partial charge >= 0.3 is 12.1 Å². The van der Waals surface area contributed by atoms with Crippen LogP contribution in [-0.2, 0) is 9.53 Å². The molecule has 2 atom stereocenters. The number of carboxylic acid groups (broad SMARTS) is 1. The summed E-state index contributed by atoms with van der Waals surface area (Å²) in [6, 6.07) is 7.18. The van der Waals surface area contributed by atoms with Crippen LogP contribution < -0.4 is 5.73 Å². The number of carbonyl (C=O) groups is 2. The van der Waals surface area contributed by atoms with Gasteiger partial charge in [0.2, 0.25) is 0 Å². The van der Waals surface area contributed by atoms with E-state index in [1.807, 2.05) is 12.1 Å². The van der Waals surface area contributed by atoms with Crippen LogP contribution in [0.2, 0.25) is 0 Å². The minimum Gasteiger partial charge on any atom is -0.481 e. The zero-order valence-corrected chi connectivity index (χ0v) is 13.1. The van der Waals surface area contributed by atoms with Crippen LogP contribution in [0.25, 0.3) is 0 Å². The number of rotatable bonds is 2. The molecule has 1 aromatic rings. The highest BCUT2D eigenvalue weighted by Crippen LogP contribution is 2.36. The Hall–Kier alpha value is -2.24. The second kappa shape index (κ2) is 5.87. The number of benzene rings is 1. The molecule has 22 heavy (non-hydrogen) atoms. The van der Waals surface area contributed by atoms with Crippen LogP contribution in [-0.4, -0.2) is 40.8 Å². The molecule has 3 N–H and O–H groups in total. The quantitative estimate of drug-likeness (QED) is 0.818. The van der Waals surface area contributed by atoms with E-state index in [-0.39, 0.29) is 12.5 Å². The summed E-state index contributed by atoms with van der Waals surface area (Å²) in [6.45, 7) is 5.76. The average molecular weight is 306 g/mol. The van der Waals surface area contributed by atoms with Gasteiger partial charge in [-0.3, -0.25) is 4.79 Å². The number of hydrogen-bond acceptors (Lipinski definition) is 4. The maximum absolute atomic E-state index is 12.2. The molecule has 1 saturated heterocycles. The number of carboxylic acids is 1. The molecule has 0 saturated carbocycles. The Bertz CT molecular complexity index is 580. The SMILES string of the molecule is CC(C)(C)OC(=O)N1CC(C(=O)O)C(c2ccccc2N)C1. The molecule has 1 amide bonds. The molecule has 0 aliphatic carbocycles. The van der Waals surface area contributed by atoms with Gasteiger partial charge in [-0.1, -0.05) is 18.2 Å². The van der Waals surface area contributed by atoms with Crippen molar-refractivity contribution in [3.05, 3.63) is 29.8 Å². The first-order valence-corrected chi connectivity index (χ1v) is 7.24. The summed E-state index contributed by atoms with van der Waals surface area (Å²) in [4.78, 5) is 25.1. The number of ether oxygens (including phenoxy) is 1. The Morgan fingerprint density at radius 2 is 1.91 bits per heavy atom. The van der Waals surface area contributed by atoms with Crippen LogP contribution in [0.1, 0.15) is 32.3 Å². The lowest BCUT2D eigenvalue weighted by Gasteiger charge is -2.24. The Kier molecular flexibility index (Phi) is 4.30. The molecule has 0 spiro atoms. The van der Waals surface area contributed by atoms with Gasteiger partial charge in [0.25, 0.3) is 0 Å². The summed E-state index contributed by atoms with van der Waals surface area (Å²) < 4.78 is 5.33. The number of nitrogens with two attached hydrogens (primary N) is 1. The van der Waals surface area contributed by atoms with Crippen LogP contribution in [0.3, 0.4) is 0 Å². The van der Waals surface area contributed by atoms with Gasteiger partial charge in [-0.15, -0.1) is 0 Å². The van der Waals surface area contributed by atoms with Crippen LogP contribution >= 0.6 is 0 Å². The number of likely N-dealkylation sites (tertiary alicyclic amines) is 1. The first-order chi connectivity index (χ1) is 10.2. The first kappa shape index (κ1) is 16.1. The van der Waals surface area contributed by atoms with E-state index >= 15 is 0 Å². The molecule has 2 unspecified atom stereocenters. The van der Waals surface area contributed by atoms with E-state index in [1.165, 1.54) is 4.90 Å². The molecular weight excluding hydrogens is 284 g/mol. The fourth-order valence-corrected chi connectivity index (χ4v) is 2.69. The highest BCUT2D eigenvalue weighted by atomic mass is 16.6. The van der Waals surface area contributed by atoms with E-state index in [2.05, 4.69) is 0 Å². The van der Waals surface area contributed by atoms with Crippen molar-refractivity contribution in [2.45, 2.75) is 32.3 Å². The lowest BCUT2D eigenvalue weighted by molar-refractivity contribution is -0.141. The van der Waals surface area contributed by atoms with E-state index in [0.717, 1.165) is 5.56 Å². The maximum atomic E-state index is 12.2. The van der Waals surface area contributed by atoms with Crippen molar-refractivity contribution in [3.8, 4) is 0 Å². The van der Waals surface area contributed by atoms with E-state index in [0.29, 0.717) is 12.2 Å². The van der Waals surface area contributed by atoms with Crippen LogP contribution in [0, 0.1) is 5.92 Å². The monoisotopic (exact) mass is 306 g/mol. The summed E-state index contributed by atoms with van der Waals surface area (Å²) in [7, 11) is 0. The van der Waals surface area contributed by atoms with E-state index in [4.69, 9.17) is 10.5 Å². The molecule has 1 aromatic carbocycles. The zero-order valence-electron chi connectivity index (χ0n) is 13.1. The fraction of sp³-hybridized carbons (Fsp3) is 0.500. The molecule has 120 valence electrons. The molecule has 0 radical (unpaired) electrons. The fourth-order valence-electron chi connectivity index (χ4n) is 2.69. The van der Waals surface area contributed by atoms with Crippen molar-refractivity contribution in [1.82, 2.24) is 4.90 Å². The Balaban J connectivity index is 2.22. The minimum absolute atomic E-state index is 0.128. The van der Waals surface area contributed by atoms with Crippen molar-refractivity contribution in [1.29, 1.82) is 0 Å². The van der Waals surface area contributed by atoms with Crippen molar-refractivity contribution in [2.24, 2.45) is 5.92 Å². The van der Waals surface area contributed by atoms with Gasteiger partial charge in [0.15, 0.2) is 0 Å². The smallest absolute Gasteiger partial charge is 0.410 e. The average Bonchev–Trinajstić information content (AvgIpc) is 2.82. The van der Waals surface area contributed by atoms with Gasteiger partial charge in [0.05, 0.1) is 5.92 Å². The van der Waals surface area contributed by atoms with Gasteiger partial charge in [-0.25, -0.2) is 4.79 Å². The van der Waals surface area contributed by atoms with Crippen molar-refractivity contribution >= 4 is 17.7 Å². The number of hydrogen-bond donors (Lipinski definition) is 2. The van der Waals surface area contributed by atoms with Crippen molar-refractivity contribution in [3.63, 3.8) is 0 Å².